The smallest absolute Gasteiger partial charge is 0.345 e. The number of fused-ring (bicyclic) bond motifs is 4. The fourth-order valence-corrected chi connectivity index (χ4v) is 8.68. The highest BCUT2D eigenvalue weighted by Crippen LogP contribution is 2.67. The van der Waals surface area contributed by atoms with Crippen molar-refractivity contribution >= 4 is 11.9 Å². The predicted octanol–water partition coefficient (Wildman–Crippen LogP) is 5.41. The third-order valence-electron chi connectivity index (χ3n) is 10.7. The van der Waals surface area contributed by atoms with Crippen molar-refractivity contribution in [2.45, 2.75) is 84.4 Å². The van der Waals surface area contributed by atoms with Crippen LogP contribution in [0.25, 0.3) is 11.3 Å². The van der Waals surface area contributed by atoms with Crippen LogP contribution >= 0.6 is 0 Å². The Balaban J connectivity index is 1.48. The molecular formula is C36H41NO9. The first kappa shape index (κ1) is 31.9. The molecule has 2 aliphatic carbocycles. The van der Waals surface area contributed by atoms with E-state index in [1.807, 2.05) is 44.2 Å². The monoisotopic (exact) mass is 631 g/mol. The summed E-state index contributed by atoms with van der Waals surface area (Å²) in [5.74, 6) is -1.23. The van der Waals surface area contributed by atoms with E-state index in [-0.39, 0.29) is 36.2 Å². The zero-order valence-electron chi connectivity index (χ0n) is 26.9. The van der Waals surface area contributed by atoms with Crippen LogP contribution in [0, 0.1) is 22.7 Å². The van der Waals surface area contributed by atoms with Gasteiger partial charge < -0.3 is 28.5 Å². The van der Waals surface area contributed by atoms with Gasteiger partial charge in [-0.1, -0.05) is 44.2 Å². The number of aliphatic hydroxyl groups is 1. The Kier molecular flexibility index (Phi) is 8.31. The fourth-order valence-electron chi connectivity index (χ4n) is 8.68. The Morgan fingerprint density at radius 2 is 1.80 bits per heavy atom. The Morgan fingerprint density at radius 3 is 2.48 bits per heavy atom. The molecular weight excluding hydrogens is 590 g/mol. The highest BCUT2D eigenvalue weighted by atomic mass is 16.6. The number of hydrogen-bond donors (Lipinski definition) is 1. The molecule has 3 aliphatic rings. The van der Waals surface area contributed by atoms with Crippen LogP contribution in [0.5, 0.6) is 5.75 Å². The van der Waals surface area contributed by atoms with Crippen molar-refractivity contribution in [2.24, 2.45) is 22.7 Å². The summed E-state index contributed by atoms with van der Waals surface area (Å²) in [6, 6.07) is 15.0. The number of aliphatic hydroxyl groups excluding tert-OH is 1. The summed E-state index contributed by atoms with van der Waals surface area (Å²) in [5.41, 5.74) is -1.62. The molecule has 3 heterocycles. The Labute approximate surface area is 268 Å². The van der Waals surface area contributed by atoms with Gasteiger partial charge in [0, 0.05) is 49.2 Å². The lowest BCUT2D eigenvalue weighted by atomic mass is 9.42. The summed E-state index contributed by atoms with van der Waals surface area (Å²) in [7, 11) is 0. The van der Waals surface area contributed by atoms with Crippen molar-refractivity contribution in [1.82, 2.24) is 4.98 Å². The van der Waals surface area contributed by atoms with E-state index in [1.54, 1.807) is 30.6 Å². The number of carbonyl (C=O) groups excluding carboxylic acids is 2. The predicted molar refractivity (Wildman–Crippen MR) is 166 cm³/mol. The maximum absolute atomic E-state index is 13.6. The summed E-state index contributed by atoms with van der Waals surface area (Å²) in [6.07, 6.45) is 2.36. The van der Waals surface area contributed by atoms with Crippen molar-refractivity contribution < 1.29 is 38.1 Å². The van der Waals surface area contributed by atoms with Gasteiger partial charge in [-0.2, -0.15) is 0 Å². The molecule has 0 radical (unpaired) electrons. The zero-order chi connectivity index (χ0) is 32.9. The fraction of sp³-hybridized carbons (Fsp3) is 0.500. The third kappa shape index (κ3) is 5.41. The Bertz CT molecular complexity index is 1660. The lowest BCUT2D eigenvalue weighted by molar-refractivity contribution is -0.276. The van der Waals surface area contributed by atoms with Crippen LogP contribution in [0.15, 0.2) is 70.1 Å². The van der Waals surface area contributed by atoms with Gasteiger partial charge in [0.1, 0.15) is 35.4 Å². The van der Waals surface area contributed by atoms with E-state index in [2.05, 4.69) is 11.9 Å². The van der Waals surface area contributed by atoms with Crippen LogP contribution in [0.2, 0.25) is 0 Å². The number of benzene rings is 1. The topological polar surface area (TPSA) is 134 Å². The Morgan fingerprint density at radius 1 is 1.04 bits per heavy atom. The van der Waals surface area contributed by atoms with Crippen LogP contribution in [-0.4, -0.2) is 46.4 Å². The van der Waals surface area contributed by atoms with Crippen molar-refractivity contribution in [3.8, 4) is 17.1 Å². The van der Waals surface area contributed by atoms with E-state index >= 15 is 0 Å². The molecule has 1 aliphatic heterocycles. The molecule has 2 fully saturated rings. The Hall–Kier alpha value is -4.02. The van der Waals surface area contributed by atoms with Gasteiger partial charge in [-0.05, 0) is 55.2 Å². The summed E-state index contributed by atoms with van der Waals surface area (Å²) < 4.78 is 30.8. The van der Waals surface area contributed by atoms with Crippen LogP contribution < -0.4 is 10.4 Å². The second-order valence-corrected chi connectivity index (χ2v) is 13.6. The number of hydrogen-bond acceptors (Lipinski definition) is 10. The van der Waals surface area contributed by atoms with Gasteiger partial charge in [0.15, 0.2) is 0 Å². The molecule has 1 N–H and O–H groups in total. The number of rotatable bonds is 7. The van der Waals surface area contributed by atoms with Crippen LogP contribution in [-0.2, 0) is 30.4 Å². The van der Waals surface area contributed by atoms with Gasteiger partial charge in [0.05, 0.1) is 18.8 Å². The molecule has 0 bridgehead atoms. The molecule has 0 saturated heterocycles. The van der Waals surface area contributed by atoms with Gasteiger partial charge in [0.25, 0.3) is 0 Å². The molecule has 0 unspecified atom stereocenters. The van der Waals surface area contributed by atoms with Crippen molar-refractivity contribution in [1.29, 1.82) is 0 Å². The number of ether oxygens (including phenoxy) is 4. The highest BCUT2D eigenvalue weighted by molar-refractivity contribution is 5.67. The first-order chi connectivity index (χ1) is 21.9. The maximum atomic E-state index is 13.6. The number of carbonyl (C=O) groups is 2. The van der Waals surface area contributed by atoms with E-state index in [4.69, 9.17) is 23.4 Å². The summed E-state index contributed by atoms with van der Waals surface area (Å²) in [4.78, 5) is 42.1. The van der Waals surface area contributed by atoms with Crippen LogP contribution in [0.3, 0.4) is 0 Å². The number of esters is 2. The molecule has 2 aromatic heterocycles. The molecule has 46 heavy (non-hydrogen) atoms. The molecule has 10 nitrogen and oxygen atoms in total. The molecule has 2 saturated carbocycles. The minimum Gasteiger partial charge on any atom is -0.484 e. The summed E-state index contributed by atoms with van der Waals surface area (Å²) in [6.45, 7) is 9.03. The summed E-state index contributed by atoms with van der Waals surface area (Å²) in [5, 5.41) is 12.3. The van der Waals surface area contributed by atoms with Crippen LogP contribution in [0.1, 0.15) is 71.1 Å². The average Bonchev–Trinajstić information content (AvgIpc) is 3.01. The van der Waals surface area contributed by atoms with E-state index in [0.717, 1.165) is 5.56 Å². The van der Waals surface area contributed by atoms with Crippen LogP contribution in [0.4, 0.5) is 0 Å². The van der Waals surface area contributed by atoms with E-state index in [0.29, 0.717) is 24.8 Å². The minimum atomic E-state index is -1.26. The normalized spacial score (nSPS) is 33.0. The number of aromatic nitrogens is 1. The van der Waals surface area contributed by atoms with Gasteiger partial charge in [-0.3, -0.25) is 14.6 Å². The van der Waals surface area contributed by atoms with Gasteiger partial charge in [0.2, 0.25) is 0 Å². The van der Waals surface area contributed by atoms with Crippen molar-refractivity contribution in [3.63, 3.8) is 0 Å². The number of pyridine rings is 1. The highest BCUT2D eigenvalue weighted by Gasteiger charge is 2.70. The van der Waals surface area contributed by atoms with Crippen molar-refractivity contribution in [2.75, 3.05) is 6.61 Å². The lowest BCUT2D eigenvalue weighted by Crippen LogP contribution is -2.71. The second-order valence-electron chi connectivity index (χ2n) is 13.6. The molecule has 0 amide bonds. The molecule has 6 rings (SSSR count). The van der Waals surface area contributed by atoms with E-state index in [9.17, 15) is 19.5 Å². The molecule has 1 aromatic carbocycles. The standard InChI is InChI=1S/C36H41NO9/c1-21(38)43-20-35(4)27-17-29(42-19-23-10-7-6-8-11-23)36(5)32(34(27,3)14-13-28(35)44-22(2)39)31(40)30-26(46-36)16-25(45-33(30)41)24-12-9-15-37-18-24/h6-12,15-16,18,27-29,31-32,40H,13-14,17,19-20H2,1-5H3/t27-,28+,29+,31+,32-,34+,35+,36-/m1/s1. The van der Waals surface area contributed by atoms with E-state index in [1.165, 1.54) is 13.8 Å². The number of nitrogens with zero attached hydrogens (tertiary/aromatic N) is 1. The molecule has 244 valence electrons. The van der Waals surface area contributed by atoms with Gasteiger partial charge in [-0.25, -0.2) is 4.79 Å². The molecule has 3 aromatic rings. The zero-order valence-corrected chi connectivity index (χ0v) is 26.9. The van der Waals surface area contributed by atoms with E-state index < -0.39 is 58.2 Å². The van der Waals surface area contributed by atoms with Crippen molar-refractivity contribution in [3.05, 3.63) is 82.5 Å². The quantitative estimate of drug-likeness (QED) is 0.338. The first-order valence-electron chi connectivity index (χ1n) is 15.8. The van der Waals surface area contributed by atoms with Gasteiger partial charge >= 0.3 is 17.6 Å². The molecule has 10 heteroatoms. The minimum absolute atomic E-state index is 0.0134. The summed E-state index contributed by atoms with van der Waals surface area (Å²) >= 11 is 0. The largest absolute Gasteiger partial charge is 0.484 e. The third-order valence-corrected chi connectivity index (χ3v) is 10.7. The first-order valence-corrected chi connectivity index (χ1v) is 15.8. The molecule has 8 atom stereocenters. The SMILES string of the molecule is CC(=O)OC[C@@]1(C)[C@@H]2C[C@H](OCc3ccccc3)[C@@]3(C)Oc4cc(-c5cccnc5)oc(=O)c4[C@H](O)[C@@H]3[C@@]2(C)CC[C@@H]1OC(C)=O. The lowest BCUT2D eigenvalue weighted by Gasteiger charge is -2.66. The van der Waals surface area contributed by atoms with Gasteiger partial charge in [-0.15, -0.1) is 0 Å². The maximum Gasteiger partial charge on any atom is 0.345 e. The second kappa shape index (κ2) is 12.0. The molecule has 0 spiro atoms. The average molecular weight is 632 g/mol.